The van der Waals surface area contributed by atoms with E-state index in [2.05, 4.69) is 36.5 Å². The van der Waals surface area contributed by atoms with Gasteiger partial charge in [0.15, 0.2) is 0 Å². The van der Waals surface area contributed by atoms with Crippen LogP contribution in [0.2, 0.25) is 0 Å². The van der Waals surface area contributed by atoms with Crippen LogP contribution in [-0.2, 0) is 6.54 Å². The Morgan fingerprint density at radius 1 is 1.17 bits per heavy atom. The standard InChI is InChI=1S/C17H25N/c1-13-5-6-15(9-13)12-18-11-14-3-2-4-17(10-14)16-7-8-16/h2-4,10,13,15-16,18H,5-9,11-12H2,1H3. The van der Waals surface area contributed by atoms with E-state index in [0.717, 1.165) is 24.3 Å². The van der Waals surface area contributed by atoms with Crippen molar-refractivity contribution < 1.29 is 0 Å². The van der Waals surface area contributed by atoms with E-state index < -0.39 is 0 Å². The minimum atomic E-state index is 0.876. The maximum Gasteiger partial charge on any atom is 0.0205 e. The predicted octanol–water partition coefficient (Wildman–Crippen LogP) is 4.09. The van der Waals surface area contributed by atoms with E-state index >= 15 is 0 Å². The van der Waals surface area contributed by atoms with Crippen LogP contribution in [0.15, 0.2) is 24.3 Å². The zero-order valence-corrected chi connectivity index (χ0v) is 11.5. The molecule has 2 aliphatic carbocycles. The van der Waals surface area contributed by atoms with Crippen molar-refractivity contribution in [1.29, 1.82) is 0 Å². The van der Waals surface area contributed by atoms with Gasteiger partial charge in [-0.15, -0.1) is 0 Å². The Hall–Kier alpha value is -0.820. The molecular weight excluding hydrogens is 218 g/mol. The van der Waals surface area contributed by atoms with Gasteiger partial charge in [0.05, 0.1) is 0 Å². The summed E-state index contributed by atoms with van der Waals surface area (Å²) in [7, 11) is 0. The molecule has 2 atom stereocenters. The zero-order valence-electron chi connectivity index (χ0n) is 11.5. The SMILES string of the molecule is CC1CCC(CNCc2cccc(C3CC3)c2)C1. The van der Waals surface area contributed by atoms with Gasteiger partial charge >= 0.3 is 0 Å². The lowest BCUT2D eigenvalue weighted by Gasteiger charge is -2.11. The van der Waals surface area contributed by atoms with Crippen molar-refractivity contribution in [2.45, 2.75) is 51.5 Å². The molecule has 0 heterocycles. The van der Waals surface area contributed by atoms with E-state index in [-0.39, 0.29) is 0 Å². The van der Waals surface area contributed by atoms with Crippen molar-refractivity contribution in [3.05, 3.63) is 35.4 Å². The second kappa shape index (κ2) is 5.44. The van der Waals surface area contributed by atoms with Crippen LogP contribution in [-0.4, -0.2) is 6.54 Å². The lowest BCUT2D eigenvalue weighted by atomic mass is 10.1. The molecule has 0 saturated heterocycles. The lowest BCUT2D eigenvalue weighted by Crippen LogP contribution is -2.21. The molecule has 2 saturated carbocycles. The summed E-state index contributed by atoms with van der Waals surface area (Å²) in [6.45, 7) is 4.64. The summed E-state index contributed by atoms with van der Waals surface area (Å²) in [5.74, 6) is 2.75. The average Bonchev–Trinajstić information content (AvgIpc) is 3.14. The summed E-state index contributed by atoms with van der Waals surface area (Å²) in [5, 5.41) is 3.65. The van der Waals surface area contributed by atoms with E-state index in [9.17, 15) is 0 Å². The molecule has 2 aliphatic rings. The summed E-state index contributed by atoms with van der Waals surface area (Å²) >= 11 is 0. The Balaban J connectivity index is 1.46. The van der Waals surface area contributed by atoms with E-state index in [0.29, 0.717) is 0 Å². The van der Waals surface area contributed by atoms with Crippen molar-refractivity contribution in [3.63, 3.8) is 0 Å². The third kappa shape index (κ3) is 3.14. The Labute approximate surface area is 111 Å². The molecule has 0 aromatic heterocycles. The molecule has 3 rings (SSSR count). The maximum atomic E-state index is 3.65. The minimum absolute atomic E-state index is 0.876. The summed E-state index contributed by atoms with van der Waals surface area (Å²) in [4.78, 5) is 0. The third-order valence-corrected chi connectivity index (χ3v) is 4.57. The Morgan fingerprint density at radius 2 is 2.06 bits per heavy atom. The molecule has 0 spiro atoms. The van der Waals surface area contributed by atoms with Crippen LogP contribution in [0, 0.1) is 11.8 Å². The highest BCUT2D eigenvalue weighted by Gasteiger charge is 2.23. The first kappa shape index (κ1) is 12.2. The first-order valence-electron chi connectivity index (χ1n) is 7.61. The molecule has 1 heteroatoms. The average molecular weight is 243 g/mol. The monoisotopic (exact) mass is 243 g/mol. The van der Waals surface area contributed by atoms with Crippen LogP contribution < -0.4 is 5.32 Å². The van der Waals surface area contributed by atoms with Gasteiger partial charge in [0, 0.05) is 6.54 Å². The van der Waals surface area contributed by atoms with Gasteiger partial charge in [-0.3, -0.25) is 0 Å². The van der Waals surface area contributed by atoms with Gasteiger partial charge in [-0.05, 0) is 61.1 Å². The third-order valence-electron chi connectivity index (χ3n) is 4.57. The van der Waals surface area contributed by atoms with Crippen LogP contribution in [0.5, 0.6) is 0 Å². The number of rotatable bonds is 5. The van der Waals surface area contributed by atoms with Crippen molar-refractivity contribution in [2.75, 3.05) is 6.54 Å². The largest absolute Gasteiger partial charge is 0.312 e. The van der Waals surface area contributed by atoms with E-state index in [1.807, 2.05) is 0 Å². The van der Waals surface area contributed by atoms with E-state index in [1.54, 1.807) is 5.56 Å². The van der Waals surface area contributed by atoms with Gasteiger partial charge in [-0.2, -0.15) is 0 Å². The molecule has 2 unspecified atom stereocenters. The van der Waals surface area contributed by atoms with Gasteiger partial charge < -0.3 is 5.32 Å². The highest BCUT2D eigenvalue weighted by molar-refractivity contribution is 5.29. The van der Waals surface area contributed by atoms with E-state index in [1.165, 1.54) is 44.2 Å². The number of benzene rings is 1. The molecule has 1 aromatic carbocycles. The fraction of sp³-hybridized carbons (Fsp3) is 0.647. The van der Waals surface area contributed by atoms with Gasteiger partial charge in [-0.25, -0.2) is 0 Å². The molecular formula is C17H25N. The summed E-state index contributed by atoms with van der Waals surface area (Å²) in [5.41, 5.74) is 3.02. The zero-order chi connectivity index (χ0) is 12.4. The summed E-state index contributed by atoms with van der Waals surface area (Å²) in [6, 6.07) is 9.18. The molecule has 98 valence electrons. The predicted molar refractivity (Wildman–Crippen MR) is 76.6 cm³/mol. The molecule has 1 nitrogen and oxygen atoms in total. The molecule has 0 aliphatic heterocycles. The molecule has 1 aromatic rings. The quantitative estimate of drug-likeness (QED) is 0.821. The molecule has 0 amide bonds. The Bertz CT molecular complexity index is 394. The van der Waals surface area contributed by atoms with Crippen molar-refractivity contribution in [3.8, 4) is 0 Å². The topological polar surface area (TPSA) is 12.0 Å². The van der Waals surface area contributed by atoms with Crippen molar-refractivity contribution in [2.24, 2.45) is 11.8 Å². The van der Waals surface area contributed by atoms with Gasteiger partial charge in [-0.1, -0.05) is 37.6 Å². The molecule has 2 fully saturated rings. The van der Waals surface area contributed by atoms with Gasteiger partial charge in [0.2, 0.25) is 0 Å². The van der Waals surface area contributed by atoms with Crippen LogP contribution in [0.3, 0.4) is 0 Å². The maximum absolute atomic E-state index is 3.65. The minimum Gasteiger partial charge on any atom is -0.312 e. The summed E-state index contributed by atoms with van der Waals surface area (Å²) < 4.78 is 0. The second-order valence-electron chi connectivity index (χ2n) is 6.43. The second-order valence-corrected chi connectivity index (χ2v) is 6.43. The molecule has 0 bridgehead atoms. The van der Waals surface area contributed by atoms with Crippen LogP contribution in [0.4, 0.5) is 0 Å². The normalized spacial score (nSPS) is 27.6. The fourth-order valence-electron chi connectivity index (χ4n) is 3.30. The Morgan fingerprint density at radius 3 is 2.78 bits per heavy atom. The van der Waals surface area contributed by atoms with Crippen LogP contribution in [0.25, 0.3) is 0 Å². The highest BCUT2D eigenvalue weighted by Crippen LogP contribution is 2.40. The van der Waals surface area contributed by atoms with Gasteiger partial charge in [0.25, 0.3) is 0 Å². The first-order chi connectivity index (χ1) is 8.81. The number of hydrogen-bond donors (Lipinski definition) is 1. The molecule has 0 radical (unpaired) electrons. The smallest absolute Gasteiger partial charge is 0.0205 e. The molecule has 1 N–H and O–H groups in total. The van der Waals surface area contributed by atoms with E-state index in [4.69, 9.17) is 0 Å². The van der Waals surface area contributed by atoms with Crippen molar-refractivity contribution in [1.82, 2.24) is 5.32 Å². The number of hydrogen-bond acceptors (Lipinski definition) is 1. The van der Waals surface area contributed by atoms with Gasteiger partial charge in [0.1, 0.15) is 0 Å². The van der Waals surface area contributed by atoms with Crippen molar-refractivity contribution >= 4 is 0 Å². The lowest BCUT2D eigenvalue weighted by molar-refractivity contribution is 0.470. The van der Waals surface area contributed by atoms with Crippen LogP contribution >= 0.6 is 0 Å². The number of nitrogens with one attached hydrogen (secondary N) is 1. The fourth-order valence-corrected chi connectivity index (χ4v) is 3.30. The van der Waals surface area contributed by atoms with Crippen LogP contribution in [0.1, 0.15) is 56.1 Å². The highest BCUT2D eigenvalue weighted by atomic mass is 14.9. The Kier molecular flexibility index (Phi) is 3.69. The molecule has 18 heavy (non-hydrogen) atoms. The first-order valence-corrected chi connectivity index (χ1v) is 7.61. The summed E-state index contributed by atoms with van der Waals surface area (Å²) in [6.07, 6.45) is 7.09.